The molecule has 1 aliphatic heterocycles. The van der Waals surface area contributed by atoms with Gasteiger partial charge in [0, 0.05) is 29.7 Å². The van der Waals surface area contributed by atoms with Gasteiger partial charge < -0.3 is 34.4 Å². The van der Waals surface area contributed by atoms with Gasteiger partial charge in [-0.3, -0.25) is 9.59 Å². The zero-order chi connectivity index (χ0) is 27.4. The number of fused-ring (bicyclic) bond motifs is 1. The smallest absolute Gasteiger partial charge is 0.343 e. The molecule has 0 spiro atoms. The summed E-state index contributed by atoms with van der Waals surface area (Å²) in [6, 6.07) is 11.2. The van der Waals surface area contributed by atoms with Gasteiger partial charge in [0.15, 0.2) is 11.5 Å². The Morgan fingerprint density at radius 1 is 1.11 bits per heavy atom. The van der Waals surface area contributed by atoms with E-state index in [0.29, 0.717) is 29.8 Å². The number of anilines is 1. The number of hydrogen-bond acceptors (Lipinski definition) is 8. The first-order valence-electron chi connectivity index (χ1n) is 12.1. The molecule has 38 heavy (non-hydrogen) atoms. The predicted octanol–water partition coefficient (Wildman–Crippen LogP) is 3.27. The minimum absolute atomic E-state index is 0.117. The molecule has 0 saturated carbocycles. The van der Waals surface area contributed by atoms with Crippen LogP contribution < -0.4 is 30.5 Å². The lowest BCUT2D eigenvalue weighted by Crippen LogP contribution is -2.43. The molecule has 4 rings (SSSR count). The topological polar surface area (TPSA) is 136 Å². The first-order chi connectivity index (χ1) is 18.3. The van der Waals surface area contributed by atoms with Crippen molar-refractivity contribution in [3.05, 3.63) is 75.3 Å². The van der Waals surface area contributed by atoms with Crippen molar-refractivity contribution in [3.8, 4) is 23.0 Å². The van der Waals surface area contributed by atoms with Crippen molar-refractivity contribution in [3.63, 3.8) is 0 Å². The van der Waals surface area contributed by atoms with Crippen molar-refractivity contribution in [2.24, 2.45) is 0 Å². The van der Waals surface area contributed by atoms with E-state index >= 15 is 0 Å². The Bertz CT molecular complexity index is 1410. The third-order valence-corrected chi connectivity index (χ3v) is 6.57. The summed E-state index contributed by atoms with van der Waals surface area (Å²) in [4.78, 5) is 39.1. The van der Waals surface area contributed by atoms with Gasteiger partial charge in [-0.2, -0.15) is 0 Å². The Hall–Kier alpha value is -4.47. The van der Waals surface area contributed by atoms with Crippen LogP contribution in [0.3, 0.4) is 0 Å². The van der Waals surface area contributed by atoms with E-state index in [1.807, 2.05) is 24.3 Å². The maximum Gasteiger partial charge on any atom is 0.343 e. The maximum atomic E-state index is 13.4. The summed E-state index contributed by atoms with van der Waals surface area (Å²) >= 11 is 0. The molecule has 1 aliphatic rings. The van der Waals surface area contributed by atoms with E-state index < -0.39 is 23.5 Å². The molecule has 3 N–H and O–H groups in total. The van der Waals surface area contributed by atoms with Crippen LogP contribution in [0.25, 0.3) is 0 Å². The van der Waals surface area contributed by atoms with Crippen LogP contribution in [-0.2, 0) is 16.0 Å². The van der Waals surface area contributed by atoms with Crippen molar-refractivity contribution in [2.75, 3.05) is 26.6 Å². The van der Waals surface area contributed by atoms with Crippen molar-refractivity contribution >= 4 is 17.5 Å². The Morgan fingerprint density at radius 3 is 2.53 bits per heavy atom. The number of carbonyl (C=O) groups excluding carboxylic acids is 2. The quantitative estimate of drug-likeness (QED) is 0.410. The lowest BCUT2D eigenvalue weighted by atomic mass is 9.87. The highest BCUT2D eigenvalue weighted by Gasteiger charge is 2.32. The number of nitrogens with one attached hydrogen (secondary N) is 2. The second-order valence-corrected chi connectivity index (χ2v) is 8.93. The fourth-order valence-electron chi connectivity index (χ4n) is 4.78. The normalized spacial score (nSPS) is 15.5. The lowest BCUT2D eigenvalue weighted by Gasteiger charge is -2.23. The number of para-hydroxylation sites is 1. The molecule has 0 fully saturated rings. The Balaban J connectivity index is 1.70. The van der Waals surface area contributed by atoms with Gasteiger partial charge in [0.1, 0.15) is 17.6 Å². The van der Waals surface area contributed by atoms with E-state index in [-0.39, 0.29) is 40.9 Å². The fourth-order valence-corrected chi connectivity index (χ4v) is 4.78. The number of hydrogen-bond donors (Lipinski definition) is 3. The van der Waals surface area contributed by atoms with E-state index in [0.717, 1.165) is 5.56 Å². The van der Waals surface area contributed by atoms with Gasteiger partial charge >= 0.3 is 5.63 Å². The van der Waals surface area contributed by atoms with Gasteiger partial charge in [0.25, 0.3) is 0 Å². The molecule has 3 aromatic rings. The molecule has 2 heterocycles. The van der Waals surface area contributed by atoms with Crippen LogP contribution in [0.2, 0.25) is 0 Å². The summed E-state index contributed by atoms with van der Waals surface area (Å²) in [7, 11) is 4.33. The predicted molar refractivity (Wildman–Crippen MR) is 139 cm³/mol. The molecule has 10 nitrogen and oxygen atoms in total. The summed E-state index contributed by atoms with van der Waals surface area (Å²) in [5, 5.41) is 16.4. The largest absolute Gasteiger partial charge is 0.507 e. The molecular weight excluding hydrogens is 492 g/mol. The standard InChI is InChI=1S/C28H30N2O8/c1-15-13-21(31)24(28(34)38-15)18(17-10-12-22(35-2)26(37-4)25(17)36-3)14-23(32)29-20-11-9-16-7-5-6-8-19(16)30-27(20)33/h5-8,10,12-13,18,20,31H,9,11,14H2,1-4H3,(H,29,32)(H,30,33)/t18-,20-/m0/s1. The molecule has 200 valence electrons. The van der Waals surface area contributed by atoms with E-state index in [9.17, 15) is 19.5 Å². The average Bonchev–Trinajstić information content (AvgIpc) is 3.04. The first kappa shape index (κ1) is 26.6. The monoisotopic (exact) mass is 522 g/mol. The number of amides is 2. The molecule has 10 heteroatoms. The third kappa shape index (κ3) is 5.29. The van der Waals surface area contributed by atoms with Gasteiger partial charge in [-0.25, -0.2) is 4.79 Å². The van der Waals surface area contributed by atoms with Gasteiger partial charge in [0.05, 0.1) is 26.9 Å². The van der Waals surface area contributed by atoms with Crippen LogP contribution in [0.4, 0.5) is 5.69 Å². The minimum Gasteiger partial charge on any atom is -0.507 e. The summed E-state index contributed by atoms with van der Waals surface area (Å²) in [5.41, 5.74) is 1.18. The Morgan fingerprint density at radius 2 is 1.84 bits per heavy atom. The van der Waals surface area contributed by atoms with Crippen LogP contribution in [0, 0.1) is 6.92 Å². The van der Waals surface area contributed by atoms with Crippen LogP contribution in [-0.4, -0.2) is 44.3 Å². The molecule has 0 unspecified atom stereocenters. The number of aryl methyl sites for hydroxylation is 2. The molecule has 1 aromatic heterocycles. The molecular formula is C28H30N2O8. The van der Waals surface area contributed by atoms with Crippen LogP contribution in [0.15, 0.2) is 51.7 Å². The Labute approximate surface area is 219 Å². The highest BCUT2D eigenvalue weighted by molar-refractivity contribution is 5.98. The summed E-state index contributed by atoms with van der Waals surface area (Å²) in [6.45, 7) is 1.53. The van der Waals surface area contributed by atoms with E-state index in [1.165, 1.54) is 34.3 Å². The molecule has 0 radical (unpaired) electrons. The van der Waals surface area contributed by atoms with Crippen molar-refractivity contribution in [1.29, 1.82) is 0 Å². The maximum absolute atomic E-state index is 13.4. The molecule has 0 bridgehead atoms. The fraction of sp³-hybridized carbons (Fsp3) is 0.321. The lowest BCUT2D eigenvalue weighted by molar-refractivity contribution is -0.126. The number of carbonyl (C=O) groups is 2. The summed E-state index contributed by atoms with van der Waals surface area (Å²) in [6.07, 6.45) is 0.704. The Kier molecular flexibility index (Phi) is 7.90. The number of aromatic hydroxyl groups is 1. The highest BCUT2D eigenvalue weighted by atomic mass is 16.5. The highest BCUT2D eigenvalue weighted by Crippen LogP contribution is 2.46. The van der Waals surface area contributed by atoms with Crippen molar-refractivity contribution in [2.45, 2.75) is 38.1 Å². The van der Waals surface area contributed by atoms with Gasteiger partial charge in [0.2, 0.25) is 17.6 Å². The number of rotatable bonds is 8. The van der Waals surface area contributed by atoms with Crippen LogP contribution in [0.1, 0.15) is 41.2 Å². The molecule has 2 amide bonds. The first-order valence-corrected chi connectivity index (χ1v) is 12.1. The van der Waals surface area contributed by atoms with Gasteiger partial charge in [-0.1, -0.05) is 24.3 Å². The van der Waals surface area contributed by atoms with Gasteiger partial charge in [-0.05, 0) is 37.5 Å². The van der Waals surface area contributed by atoms with Crippen LogP contribution >= 0.6 is 0 Å². The molecule has 0 aliphatic carbocycles. The second-order valence-electron chi connectivity index (χ2n) is 8.93. The number of methoxy groups -OCH3 is 3. The number of ether oxygens (including phenoxy) is 3. The minimum atomic E-state index is -0.993. The van der Waals surface area contributed by atoms with Crippen molar-refractivity contribution < 1.29 is 33.3 Å². The number of benzene rings is 2. The SMILES string of the molecule is COc1ccc([C@H](CC(=O)N[C@H]2CCc3ccccc3NC2=O)c2c(O)cc(C)oc2=O)c(OC)c1OC. The average molecular weight is 523 g/mol. The molecule has 2 aromatic carbocycles. The van der Waals surface area contributed by atoms with Gasteiger partial charge in [-0.15, -0.1) is 0 Å². The van der Waals surface area contributed by atoms with E-state index in [1.54, 1.807) is 12.1 Å². The molecule has 2 atom stereocenters. The van der Waals surface area contributed by atoms with E-state index in [2.05, 4.69) is 10.6 Å². The second kappa shape index (κ2) is 11.3. The summed E-state index contributed by atoms with van der Waals surface area (Å²) in [5.74, 6) is -1.07. The van der Waals surface area contributed by atoms with E-state index in [4.69, 9.17) is 18.6 Å². The van der Waals surface area contributed by atoms with Crippen molar-refractivity contribution in [1.82, 2.24) is 5.32 Å². The van der Waals surface area contributed by atoms with Crippen LogP contribution in [0.5, 0.6) is 23.0 Å². The zero-order valence-electron chi connectivity index (χ0n) is 21.6. The molecule has 0 saturated heterocycles. The summed E-state index contributed by atoms with van der Waals surface area (Å²) < 4.78 is 21.7. The zero-order valence-corrected chi connectivity index (χ0v) is 21.6. The third-order valence-electron chi connectivity index (χ3n) is 6.57.